The Balaban J connectivity index is 1.38. The summed E-state index contributed by atoms with van der Waals surface area (Å²) in [6.45, 7) is 0.174. The summed E-state index contributed by atoms with van der Waals surface area (Å²) in [7, 11) is 1.47. The van der Waals surface area contributed by atoms with Crippen molar-refractivity contribution in [1.82, 2.24) is 15.9 Å². The minimum absolute atomic E-state index is 0.166. The molecule has 2 N–H and O–H groups in total. The first-order chi connectivity index (χ1) is 14.5. The fourth-order valence-electron chi connectivity index (χ4n) is 2.59. The molecule has 0 spiro atoms. The SMILES string of the molecule is CN1N=C(C(=O)NNC(=O)COc2ccc(OCc3ccccc3)cc2)CCC1=O. The Morgan fingerprint density at radius 1 is 0.967 bits per heavy atom. The number of hydrazine groups is 1. The topological polar surface area (TPSA) is 109 Å². The van der Waals surface area contributed by atoms with E-state index in [0.717, 1.165) is 10.6 Å². The molecule has 1 aliphatic rings. The monoisotopic (exact) mass is 410 g/mol. The zero-order valence-corrected chi connectivity index (χ0v) is 16.5. The van der Waals surface area contributed by atoms with E-state index in [2.05, 4.69) is 16.0 Å². The van der Waals surface area contributed by atoms with Gasteiger partial charge in [-0.1, -0.05) is 30.3 Å². The van der Waals surface area contributed by atoms with Crippen LogP contribution < -0.4 is 20.3 Å². The van der Waals surface area contributed by atoms with Crippen molar-refractivity contribution in [2.75, 3.05) is 13.7 Å². The molecular weight excluding hydrogens is 388 g/mol. The van der Waals surface area contributed by atoms with Gasteiger partial charge >= 0.3 is 0 Å². The van der Waals surface area contributed by atoms with E-state index < -0.39 is 11.8 Å². The second-order valence-corrected chi connectivity index (χ2v) is 6.50. The van der Waals surface area contributed by atoms with Gasteiger partial charge in [0.05, 0.1) is 0 Å². The van der Waals surface area contributed by atoms with Crippen LogP contribution in [0.1, 0.15) is 18.4 Å². The zero-order valence-electron chi connectivity index (χ0n) is 16.5. The van der Waals surface area contributed by atoms with Crippen LogP contribution in [0.15, 0.2) is 59.7 Å². The lowest BCUT2D eigenvalue weighted by molar-refractivity contribution is -0.131. The van der Waals surface area contributed by atoms with Gasteiger partial charge < -0.3 is 9.47 Å². The molecule has 9 heteroatoms. The van der Waals surface area contributed by atoms with Gasteiger partial charge in [0.25, 0.3) is 11.8 Å². The Morgan fingerprint density at radius 2 is 1.63 bits per heavy atom. The van der Waals surface area contributed by atoms with Crippen LogP contribution >= 0.6 is 0 Å². The summed E-state index contributed by atoms with van der Waals surface area (Å²) < 4.78 is 11.1. The average molecular weight is 410 g/mol. The molecule has 0 radical (unpaired) electrons. The number of hydrogen-bond acceptors (Lipinski definition) is 6. The normalized spacial score (nSPS) is 13.3. The third-order valence-electron chi connectivity index (χ3n) is 4.23. The van der Waals surface area contributed by atoms with Crippen LogP contribution in [0.3, 0.4) is 0 Å². The molecule has 0 saturated carbocycles. The van der Waals surface area contributed by atoms with Gasteiger partial charge in [-0.05, 0) is 29.8 Å². The van der Waals surface area contributed by atoms with Crippen LogP contribution in [0.2, 0.25) is 0 Å². The lowest BCUT2D eigenvalue weighted by Crippen LogP contribution is -2.48. The highest BCUT2D eigenvalue weighted by molar-refractivity contribution is 6.39. The molecule has 0 bridgehead atoms. The van der Waals surface area contributed by atoms with E-state index in [0.29, 0.717) is 18.1 Å². The molecule has 30 heavy (non-hydrogen) atoms. The van der Waals surface area contributed by atoms with Crippen molar-refractivity contribution < 1.29 is 23.9 Å². The Morgan fingerprint density at radius 3 is 2.30 bits per heavy atom. The molecule has 9 nitrogen and oxygen atoms in total. The molecule has 0 saturated heterocycles. The van der Waals surface area contributed by atoms with Gasteiger partial charge in [-0.3, -0.25) is 25.2 Å². The van der Waals surface area contributed by atoms with Crippen molar-refractivity contribution in [3.63, 3.8) is 0 Å². The Labute approximate surface area is 173 Å². The Kier molecular flexibility index (Phi) is 6.99. The van der Waals surface area contributed by atoms with Crippen molar-refractivity contribution in [2.45, 2.75) is 19.4 Å². The summed E-state index contributed by atoms with van der Waals surface area (Å²) in [5.41, 5.74) is 5.75. The highest BCUT2D eigenvalue weighted by Gasteiger charge is 2.22. The quantitative estimate of drug-likeness (QED) is 0.671. The standard InChI is InChI=1S/C21H22N4O5/c1-25-20(27)12-11-18(24-25)21(28)23-22-19(26)14-30-17-9-7-16(8-10-17)29-13-15-5-3-2-4-6-15/h2-10H,11-14H2,1H3,(H,22,26)(H,23,28). The molecular formula is C21H22N4O5. The van der Waals surface area contributed by atoms with Crippen LogP contribution in [-0.4, -0.2) is 42.1 Å². The van der Waals surface area contributed by atoms with Crippen molar-refractivity contribution in [2.24, 2.45) is 5.10 Å². The number of hydrogen-bond donors (Lipinski definition) is 2. The predicted octanol–water partition coefficient (Wildman–Crippen LogP) is 1.40. The number of benzene rings is 2. The maximum absolute atomic E-state index is 12.0. The van der Waals surface area contributed by atoms with E-state index in [4.69, 9.17) is 9.47 Å². The number of amides is 3. The maximum atomic E-state index is 12.0. The van der Waals surface area contributed by atoms with Crippen molar-refractivity contribution in [1.29, 1.82) is 0 Å². The number of ether oxygens (including phenoxy) is 2. The van der Waals surface area contributed by atoms with E-state index in [1.54, 1.807) is 24.3 Å². The van der Waals surface area contributed by atoms with Crippen LogP contribution in [0.5, 0.6) is 11.5 Å². The third kappa shape index (κ3) is 6.06. The van der Waals surface area contributed by atoms with Crippen LogP contribution in [-0.2, 0) is 21.0 Å². The number of nitrogens with zero attached hydrogens (tertiary/aromatic N) is 2. The van der Waals surface area contributed by atoms with Crippen molar-refractivity contribution in [3.8, 4) is 11.5 Å². The zero-order chi connectivity index (χ0) is 21.3. The van der Waals surface area contributed by atoms with E-state index in [1.165, 1.54) is 7.05 Å². The third-order valence-corrected chi connectivity index (χ3v) is 4.23. The molecule has 0 fully saturated rings. The summed E-state index contributed by atoms with van der Waals surface area (Å²) in [5, 5.41) is 4.98. The molecule has 0 aromatic heterocycles. The van der Waals surface area contributed by atoms with Gasteiger partial charge in [0, 0.05) is 19.9 Å². The smallest absolute Gasteiger partial charge is 0.285 e. The van der Waals surface area contributed by atoms with Gasteiger partial charge in [0.2, 0.25) is 5.91 Å². The largest absolute Gasteiger partial charge is 0.489 e. The highest BCUT2D eigenvalue weighted by atomic mass is 16.5. The second-order valence-electron chi connectivity index (χ2n) is 6.50. The number of rotatable bonds is 7. The summed E-state index contributed by atoms with van der Waals surface area (Å²) in [6, 6.07) is 16.7. The van der Waals surface area contributed by atoms with E-state index in [9.17, 15) is 14.4 Å². The van der Waals surface area contributed by atoms with Gasteiger partial charge in [-0.2, -0.15) is 5.10 Å². The highest BCUT2D eigenvalue weighted by Crippen LogP contribution is 2.18. The Bertz CT molecular complexity index is 928. The minimum atomic E-state index is -0.567. The van der Waals surface area contributed by atoms with Crippen molar-refractivity contribution in [3.05, 3.63) is 60.2 Å². The van der Waals surface area contributed by atoms with Gasteiger partial charge in [0.15, 0.2) is 6.61 Å². The van der Waals surface area contributed by atoms with E-state index in [-0.39, 0.29) is 31.1 Å². The van der Waals surface area contributed by atoms with Gasteiger partial charge in [-0.15, -0.1) is 0 Å². The van der Waals surface area contributed by atoms with Crippen LogP contribution in [0, 0.1) is 0 Å². The predicted molar refractivity (Wildman–Crippen MR) is 108 cm³/mol. The molecule has 3 rings (SSSR count). The van der Waals surface area contributed by atoms with E-state index >= 15 is 0 Å². The lowest BCUT2D eigenvalue weighted by atomic mass is 10.1. The van der Waals surface area contributed by atoms with Crippen LogP contribution in [0.4, 0.5) is 0 Å². The van der Waals surface area contributed by atoms with Gasteiger partial charge in [-0.25, -0.2) is 5.01 Å². The summed E-state index contributed by atoms with van der Waals surface area (Å²) >= 11 is 0. The summed E-state index contributed by atoms with van der Waals surface area (Å²) in [5.74, 6) is -0.100. The fraction of sp³-hybridized carbons (Fsp3) is 0.238. The minimum Gasteiger partial charge on any atom is -0.489 e. The molecule has 2 aromatic carbocycles. The lowest BCUT2D eigenvalue weighted by Gasteiger charge is -2.19. The number of hydrazone groups is 1. The molecule has 0 aliphatic carbocycles. The molecule has 3 amide bonds. The van der Waals surface area contributed by atoms with E-state index in [1.807, 2.05) is 30.3 Å². The molecule has 1 aliphatic heterocycles. The van der Waals surface area contributed by atoms with Crippen molar-refractivity contribution >= 4 is 23.4 Å². The summed E-state index contributed by atoms with van der Waals surface area (Å²) in [4.78, 5) is 35.2. The fourth-order valence-corrected chi connectivity index (χ4v) is 2.59. The molecule has 156 valence electrons. The maximum Gasteiger partial charge on any atom is 0.285 e. The number of carbonyl (C=O) groups is 3. The summed E-state index contributed by atoms with van der Waals surface area (Å²) in [6.07, 6.45) is 0.422. The van der Waals surface area contributed by atoms with Gasteiger partial charge in [0.1, 0.15) is 23.8 Å². The molecule has 1 heterocycles. The second kappa shape index (κ2) is 10.1. The number of nitrogens with one attached hydrogen (secondary N) is 2. The van der Waals surface area contributed by atoms with Crippen LogP contribution in [0.25, 0.3) is 0 Å². The first-order valence-corrected chi connectivity index (χ1v) is 9.34. The molecule has 0 atom stereocenters. The average Bonchev–Trinajstić information content (AvgIpc) is 2.78. The number of carbonyl (C=O) groups excluding carboxylic acids is 3. The molecule has 0 unspecified atom stereocenters. The first kappa shape index (κ1) is 20.8. The Hall–Kier alpha value is -3.88. The first-order valence-electron chi connectivity index (χ1n) is 9.34. The molecule has 2 aromatic rings.